The second kappa shape index (κ2) is 8.15. The smallest absolute Gasteiger partial charge is 0.275 e. The monoisotopic (exact) mass is 326 g/mol. The van der Waals surface area contributed by atoms with E-state index in [9.17, 15) is 4.79 Å². The first-order valence-corrected chi connectivity index (χ1v) is 9.00. The van der Waals surface area contributed by atoms with Crippen LogP contribution in [-0.4, -0.2) is 30.1 Å². The number of likely N-dealkylation sites (tertiary alicyclic amines) is 1. The SMILES string of the molecule is Cn1cccc1[C@@H]1CCC[NH+]1CC(=O)NCCCc1ccccc1. The third-order valence-electron chi connectivity index (χ3n) is 5.02. The van der Waals surface area contributed by atoms with Crippen LogP contribution < -0.4 is 10.2 Å². The summed E-state index contributed by atoms with van der Waals surface area (Å²) in [5, 5.41) is 3.09. The highest BCUT2D eigenvalue weighted by Crippen LogP contribution is 2.18. The number of rotatable bonds is 7. The van der Waals surface area contributed by atoms with Crippen LogP contribution in [0.25, 0.3) is 0 Å². The number of hydrogen-bond acceptors (Lipinski definition) is 1. The molecule has 24 heavy (non-hydrogen) atoms. The van der Waals surface area contributed by atoms with Crippen LogP contribution in [0.2, 0.25) is 0 Å². The Bertz CT molecular complexity index is 650. The molecule has 2 atom stereocenters. The zero-order valence-corrected chi connectivity index (χ0v) is 14.5. The molecule has 1 aliphatic heterocycles. The van der Waals surface area contributed by atoms with E-state index in [-0.39, 0.29) is 5.91 Å². The summed E-state index contributed by atoms with van der Waals surface area (Å²) in [7, 11) is 2.09. The van der Waals surface area contributed by atoms with Crippen molar-refractivity contribution in [2.24, 2.45) is 7.05 Å². The molecule has 2 aromatic rings. The third-order valence-corrected chi connectivity index (χ3v) is 5.02. The van der Waals surface area contributed by atoms with E-state index in [0.29, 0.717) is 12.6 Å². The van der Waals surface area contributed by atoms with Crippen LogP contribution in [0.15, 0.2) is 48.7 Å². The maximum atomic E-state index is 12.3. The van der Waals surface area contributed by atoms with Gasteiger partial charge in [0.1, 0.15) is 6.04 Å². The van der Waals surface area contributed by atoms with Crippen molar-refractivity contribution in [2.75, 3.05) is 19.6 Å². The number of aromatic nitrogens is 1. The van der Waals surface area contributed by atoms with Crippen LogP contribution >= 0.6 is 0 Å². The molecular weight excluding hydrogens is 298 g/mol. The Kier molecular flexibility index (Phi) is 5.70. The number of aryl methyl sites for hydroxylation is 2. The van der Waals surface area contributed by atoms with E-state index in [1.807, 2.05) is 6.07 Å². The maximum Gasteiger partial charge on any atom is 0.275 e. The number of carbonyl (C=O) groups excluding carboxylic acids is 1. The summed E-state index contributed by atoms with van der Waals surface area (Å²) >= 11 is 0. The molecule has 128 valence electrons. The minimum atomic E-state index is 0.180. The molecule has 1 saturated heterocycles. The van der Waals surface area contributed by atoms with Crippen molar-refractivity contribution in [2.45, 2.75) is 31.7 Å². The lowest BCUT2D eigenvalue weighted by Gasteiger charge is -2.21. The molecular formula is C20H28N3O+. The maximum absolute atomic E-state index is 12.3. The predicted molar refractivity (Wildman–Crippen MR) is 95.9 cm³/mol. The first-order valence-electron chi connectivity index (χ1n) is 9.00. The topological polar surface area (TPSA) is 38.5 Å². The highest BCUT2D eigenvalue weighted by atomic mass is 16.2. The number of carbonyl (C=O) groups is 1. The van der Waals surface area contributed by atoms with Crippen LogP contribution in [0.1, 0.15) is 36.6 Å². The fraction of sp³-hybridized carbons (Fsp3) is 0.450. The summed E-state index contributed by atoms with van der Waals surface area (Å²) in [4.78, 5) is 13.7. The van der Waals surface area contributed by atoms with E-state index in [1.54, 1.807) is 0 Å². The Labute approximate surface area is 144 Å². The largest absolute Gasteiger partial charge is 0.351 e. The fourth-order valence-electron chi connectivity index (χ4n) is 3.75. The third kappa shape index (κ3) is 4.26. The van der Waals surface area contributed by atoms with Gasteiger partial charge in [0.15, 0.2) is 6.54 Å². The lowest BCUT2D eigenvalue weighted by molar-refractivity contribution is -0.911. The Balaban J connectivity index is 1.42. The highest BCUT2D eigenvalue weighted by molar-refractivity contribution is 5.76. The number of hydrogen-bond donors (Lipinski definition) is 2. The zero-order valence-electron chi connectivity index (χ0n) is 14.5. The summed E-state index contributed by atoms with van der Waals surface area (Å²) in [5.41, 5.74) is 2.68. The Morgan fingerprint density at radius 2 is 2.08 bits per heavy atom. The van der Waals surface area contributed by atoms with Crippen molar-refractivity contribution in [3.63, 3.8) is 0 Å². The van der Waals surface area contributed by atoms with Gasteiger partial charge in [-0.05, 0) is 30.5 Å². The molecule has 0 bridgehead atoms. The number of quaternary nitrogens is 1. The molecule has 1 aromatic heterocycles. The molecule has 1 aromatic carbocycles. The molecule has 1 amide bonds. The van der Waals surface area contributed by atoms with Crippen molar-refractivity contribution in [3.05, 3.63) is 59.9 Å². The van der Waals surface area contributed by atoms with Gasteiger partial charge in [-0.3, -0.25) is 4.79 Å². The van der Waals surface area contributed by atoms with Gasteiger partial charge >= 0.3 is 0 Å². The van der Waals surface area contributed by atoms with Crippen LogP contribution in [-0.2, 0) is 18.3 Å². The number of benzene rings is 1. The van der Waals surface area contributed by atoms with Gasteiger partial charge in [0.2, 0.25) is 0 Å². The lowest BCUT2D eigenvalue weighted by Crippen LogP contribution is -3.11. The van der Waals surface area contributed by atoms with Gasteiger partial charge in [-0.25, -0.2) is 0 Å². The van der Waals surface area contributed by atoms with Crippen molar-refractivity contribution in [1.29, 1.82) is 0 Å². The average molecular weight is 326 g/mol. The summed E-state index contributed by atoms with van der Waals surface area (Å²) in [6.07, 6.45) is 6.48. The first kappa shape index (κ1) is 16.8. The van der Waals surface area contributed by atoms with Gasteiger partial charge in [0, 0.05) is 32.6 Å². The number of amides is 1. The average Bonchev–Trinajstić information content (AvgIpc) is 3.21. The number of nitrogens with zero attached hydrogens (tertiary/aromatic N) is 1. The van der Waals surface area contributed by atoms with Crippen molar-refractivity contribution in [3.8, 4) is 0 Å². The van der Waals surface area contributed by atoms with Crippen LogP contribution in [0, 0.1) is 0 Å². The van der Waals surface area contributed by atoms with Crippen LogP contribution in [0.4, 0.5) is 0 Å². The quantitative estimate of drug-likeness (QED) is 0.744. The van der Waals surface area contributed by atoms with E-state index < -0.39 is 0 Å². The van der Waals surface area contributed by atoms with Gasteiger partial charge in [-0.2, -0.15) is 0 Å². The predicted octanol–water partition coefficient (Wildman–Crippen LogP) is 1.49. The van der Waals surface area contributed by atoms with Gasteiger partial charge in [0.25, 0.3) is 5.91 Å². The lowest BCUT2D eigenvalue weighted by atomic mass is 10.1. The molecule has 4 heteroatoms. The van der Waals surface area contributed by atoms with Crippen LogP contribution in [0.5, 0.6) is 0 Å². The van der Waals surface area contributed by atoms with Gasteiger partial charge in [-0.15, -0.1) is 0 Å². The van der Waals surface area contributed by atoms with E-state index >= 15 is 0 Å². The second-order valence-electron chi connectivity index (χ2n) is 6.76. The van der Waals surface area contributed by atoms with E-state index in [1.165, 1.54) is 29.0 Å². The van der Waals surface area contributed by atoms with Crippen molar-refractivity contribution in [1.82, 2.24) is 9.88 Å². The molecule has 1 aliphatic rings. The molecule has 2 heterocycles. The minimum absolute atomic E-state index is 0.180. The molecule has 2 N–H and O–H groups in total. The van der Waals surface area contributed by atoms with E-state index in [0.717, 1.165) is 25.9 Å². The normalized spacial score (nSPS) is 20.2. The minimum Gasteiger partial charge on any atom is -0.351 e. The van der Waals surface area contributed by atoms with Gasteiger partial charge in [-0.1, -0.05) is 30.3 Å². The molecule has 0 spiro atoms. The highest BCUT2D eigenvalue weighted by Gasteiger charge is 2.32. The Hall–Kier alpha value is -2.07. The molecule has 0 radical (unpaired) electrons. The molecule has 1 unspecified atom stereocenters. The fourth-order valence-corrected chi connectivity index (χ4v) is 3.75. The van der Waals surface area contributed by atoms with E-state index in [4.69, 9.17) is 0 Å². The molecule has 4 nitrogen and oxygen atoms in total. The summed E-state index contributed by atoms with van der Waals surface area (Å²) in [6.45, 7) is 2.43. The summed E-state index contributed by atoms with van der Waals surface area (Å²) < 4.78 is 2.19. The molecule has 0 aliphatic carbocycles. The first-order chi connectivity index (χ1) is 11.7. The Morgan fingerprint density at radius 1 is 1.25 bits per heavy atom. The van der Waals surface area contributed by atoms with Gasteiger partial charge < -0.3 is 14.8 Å². The van der Waals surface area contributed by atoms with E-state index in [2.05, 4.69) is 59.5 Å². The van der Waals surface area contributed by atoms with Crippen LogP contribution in [0.3, 0.4) is 0 Å². The zero-order chi connectivity index (χ0) is 16.8. The summed E-state index contributed by atoms with van der Waals surface area (Å²) in [6, 6.07) is 15.2. The summed E-state index contributed by atoms with van der Waals surface area (Å²) in [5.74, 6) is 0.180. The second-order valence-corrected chi connectivity index (χ2v) is 6.76. The molecule has 1 fully saturated rings. The Morgan fingerprint density at radius 3 is 2.83 bits per heavy atom. The standard InChI is InChI=1S/C20H27N3O/c1-22-14-6-11-18(22)19-12-7-15-23(19)16-20(24)21-13-5-10-17-8-3-2-4-9-17/h2-4,6,8-9,11,14,19H,5,7,10,12-13,15-16H2,1H3,(H,21,24)/p+1/t19-/m0/s1. The molecule has 0 saturated carbocycles. The molecule has 3 rings (SSSR count). The van der Waals surface area contributed by atoms with Crippen molar-refractivity contribution >= 4 is 5.91 Å². The number of nitrogens with one attached hydrogen (secondary N) is 2. The van der Waals surface area contributed by atoms with Gasteiger partial charge in [0.05, 0.1) is 12.2 Å². The van der Waals surface area contributed by atoms with Crippen molar-refractivity contribution < 1.29 is 9.69 Å².